The second-order valence-corrected chi connectivity index (χ2v) is 4.16. The number of ether oxygens (including phenoxy) is 1. The number of carbonyl (C=O) groups excluding carboxylic acids is 1. The number of methoxy groups -OCH3 is 1. The van der Waals surface area contributed by atoms with Crippen LogP contribution in [-0.4, -0.2) is 30.8 Å². The Kier molecular flexibility index (Phi) is 4.97. The Hall–Kier alpha value is -1.55. The second kappa shape index (κ2) is 6.25. The van der Waals surface area contributed by atoms with Crippen molar-refractivity contribution < 1.29 is 14.6 Å². The minimum Gasteiger partial charge on any atom is -0.508 e. The fourth-order valence-electron chi connectivity index (χ4n) is 1.57. The maximum absolute atomic E-state index is 11.9. The van der Waals surface area contributed by atoms with Crippen LogP contribution in [0.3, 0.4) is 0 Å². The molecule has 0 spiro atoms. The minimum atomic E-state index is -0.119. The lowest BCUT2D eigenvalue weighted by molar-refractivity contribution is 0.0929. The fourth-order valence-corrected chi connectivity index (χ4v) is 1.57. The number of rotatable bonds is 5. The van der Waals surface area contributed by atoms with Gasteiger partial charge in [-0.2, -0.15) is 0 Å². The molecule has 1 rings (SSSR count). The highest BCUT2D eigenvalue weighted by molar-refractivity contribution is 5.95. The molecule has 2 N–H and O–H groups in total. The first-order chi connectivity index (χ1) is 8.04. The molecule has 0 radical (unpaired) electrons. The van der Waals surface area contributed by atoms with Crippen molar-refractivity contribution in [2.45, 2.75) is 26.3 Å². The lowest BCUT2D eigenvalue weighted by Crippen LogP contribution is -2.33. The number of aromatic hydroxyl groups is 1. The Labute approximate surface area is 102 Å². The minimum absolute atomic E-state index is 0.0654. The van der Waals surface area contributed by atoms with Crippen LogP contribution in [0, 0.1) is 6.92 Å². The summed E-state index contributed by atoms with van der Waals surface area (Å²) in [5.41, 5.74) is 1.36. The predicted molar refractivity (Wildman–Crippen MR) is 66.3 cm³/mol. The summed E-state index contributed by atoms with van der Waals surface area (Å²) < 4.78 is 4.95. The summed E-state index contributed by atoms with van der Waals surface area (Å²) in [4.78, 5) is 11.9. The summed E-state index contributed by atoms with van der Waals surface area (Å²) >= 11 is 0. The first-order valence-corrected chi connectivity index (χ1v) is 5.64. The van der Waals surface area contributed by atoms with Gasteiger partial charge in [-0.3, -0.25) is 4.79 Å². The van der Waals surface area contributed by atoms with Gasteiger partial charge < -0.3 is 15.2 Å². The smallest absolute Gasteiger partial charge is 0.251 e. The number of nitrogens with one attached hydrogen (secondary N) is 1. The zero-order valence-corrected chi connectivity index (χ0v) is 10.5. The number of aryl methyl sites for hydroxylation is 1. The van der Waals surface area contributed by atoms with Crippen LogP contribution in [0.15, 0.2) is 18.2 Å². The number of phenols is 1. The lowest BCUT2D eigenvalue weighted by Gasteiger charge is -2.14. The van der Waals surface area contributed by atoms with Crippen molar-refractivity contribution in [1.29, 1.82) is 0 Å². The van der Waals surface area contributed by atoms with Crippen LogP contribution in [0.1, 0.15) is 29.3 Å². The van der Waals surface area contributed by atoms with E-state index in [4.69, 9.17) is 4.74 Å². The normalized spacial score (nSPS) is 12.2. The summed E-state index contributed by atoms with van der Waals surface area (Å²) in [7, 11) is 1.64. The van der Waals surface area contributed by atoms with Crippen LogP contribution in [0.2, 0.25) is 0 Å². The molecule has 0 saturated carbocycles. The Balaban J connectivity index is 2.63. The molecule has 0 aromatic heterocycles. The molecule has 0 aliphatic heterocycles. The molecule has 0 saturated heterocycles. The highest BCUT2D eigenvalue weighted by atomic mass is 16.5. The number of hydrogen-bond acceptors (Lipinski definition) is 3. The summed E-state index contributed by atoms with van der Waals surface area (Å²) in [5.74, 6) is 0.0533. The average Bonchev–Trinajstić information content (AvgIpc) is 2.26. The van der Waals surface area contributed by atoms with E-state index in [1.165, 1.54) is 6.07 Å². The molecule has 1 aromatic rings. The Morgan fingerprint density at radius 1 is 1.53 bits per heavy atom. The van der Waals surface area contributed by atoms with E-state index in [0.717, 1.165) is 12.0 Å². The van der Waals surface area contributed by atoms with Crippen LogP contribution < -0.4 is 5.32 Å². The summed E-state index contributed by atoms with van der Waals surface area (Å²) in [6.07, 6.45) is 0.777. The largest absolute Gasteiger partial charge is 0.508 e. The van der Waals surface area contributed by atoms with Gasteiger partial charge in [-0.1, -0.05) is 0 Å². The molecule has 0 heterocycles. The summed E-state index contributed by atoms with van der Waals surface area (Å²) in [5, 5.41) is 12.2. The zero-order chi connectivity index (χ0) is 12.8. The third kappa shape index (κ3) is 4.07. The first kappa shape index (κ1) is 13.5. The molecule has 17 heavy (non-hydrogen) atoms. The predicted octanol–water partition coefficient (Wildman–Crippen LogP) is 1.86. The molecule has 0 fully saturated rings. The van der Waals surface area contributed by atoms with E-state index in [9.17, 15) is 9.90 Å². The van der Waals surface area contributed by atoms with Crippen LogP contribution in [0.5, 0.6) is 5.75 Å². The number of benzene rings is 1. The molecular weight excluding hydrogens is 218 g/mol. The van der Waals surface area contributed by atoms with E-state index >= 15 is 0 Å². The van der Waals surface area contributed by atoms with Gasteiger partial charge in [0, 0.05) is 25.3 Å². The first-order valence-electron chi connectivity index (χ1n) is 5.64. The standard InChI is InChI=1S/C13H19NO3/c1-9-8-11(15)4-5-12(9)13(16)14-10(2)6-7-17-3/h4-5,8,10,15H,6-7H2,1-3H3,(H,14,16). The van der Waals surface area contributed by atoms with Gasteiger partial charge in [0.15, 0.2) is 0 Å². The quantitative estimate of drug-likeness (QED) is 0.821. The lowest BCUT2D eigenvalue weighted by atomic mass is 10.1. The van der Waals surface area contributed by atoms with Crippen molar-refractivity contribution in [3.05, 3.63) is 29.3 Å². The van der Waals surface area contributed by atoms with Crippen LogP contribution in [-0.2, 0) is 4.74 Å². The van der Waals surface area contributed by atoms with E-state index in [1.807, 2.05) is 6.92 Å². The molecule has 0 bridgehead atoms. The van der Waals surface area contributed by atoms with Crippen molar-refractivity contribution in [3.63, 3.8) is 0 Å². The van der Waals surface area contributed by atoms with Gasteiger partial charge in [0.25, 0.3) is 5.91 Å². The highest BCUT2D eigenvalue weighted by Gasteiger charge is 2.12. The maximum Gasteiger partial charge on any atom is 0.251 e. The second-order valence-electron chi connectivity index (χ2n) is 4.16. The molecule has 4 nitrogen and oxygen atoms in total. The van der Waals surface area contributed by atoms with E-state index in [-0.39, 0.29) is 17.7 Å². The van der Waals surface area contributed by atoms with Gasteiger partial charge in [0.05, 0.1) is 0 Å². The number of hydrogen-bond donors (Lipinski definition) is 2. The van der Waals surface area contributed by atoms with Crippen LogP contribution >= 0.6 is 0 Å². The van der Waals surface area contributed by atoms with Crippen molar-refractivity contribution in [2.75, 3.05) is 13.7 Å². The third-order valence-corrected chi connectivity index (χ3v) is 2.59. The van der Waals surface area contributed by atoms with E-state index < -0.39 is 0 Å². The monoisotopic (exact) mass is 237 g/mol. The van der Waals surface area contributed by atoms with Crippen molar-refractivity contribution in [2.24, 2.45) is 0 Å². The Morgan fingerprint density at radius 3 is 2.82 bits per heavy atom. The van der Waals surface area contributed by atoms with Crippen LogP contribution in [0.4, 0.5) is 0 Å². The fraction of sp³-hybridized carbons (Fsp3) is 0.462. The molecule has 0 aliphatic carbocycles. The van der Waals surface area contributed by atoms with Crippen molar-refractivity contribution >= 4 is 5.91 Å². The number of phenolic OH excluding ortho intramolecular Hbond substituents is 1. The molecule has 1 aromatic carbocycles. The van der Waals surface area contributed by atoms with Gasteiger partial charge in [-0.25, -0.2) is 0 Å². The van der Waals surface area contributed by atoms with Gasteiger partial charge >= 0.3 is 0 Å². The third-order valence-electron chi connectivity index (χ3n) is 2.59. The summed E-state index contributed by atoms with van der Waals surface area (Å²) in [6.45, 7) is 4.36. The Morgan fingerprint density at radius 2 is 2.24 bits per heavy atom. The van der Waals surface area contributed by atoms with E-state index in [0.29, 0.717) is 12.2 Å². The molecule has 4 heteroatoms. The molecule has 1 amide bonds. The topological polar surface area (TPSA) is 58.6 Å². The molecule has 0 aliphatic rings. The number of carbonyl (C=O) groups is 1. The van der Waals surface area contributed by atoms with Gasteiger partial charge in [0.2, 0.25) is 0 Å². The molecule has 94 valence electrons. The maximum atomic E-state index is 11.9. The number of amides is 1. The van der Waals surface area contributed by atoms with Crippen molar-refractivity contribution in [1.82, 2.24) is 5.32 Å². The molecule has 1 unspecified atom stereocenters. The van der Waals surface area contributed by atoms with Crippen LogP contribution in [0.25, 0.3) is 0 Å². The Bertz CT molecular complexity index is 390. The summed E-state index contributed by atoms with van der Waals surface area (Å²) in [6, 6.07) is 4.79. The molecule has 1 atom stereocenters. The highest BCUT2D eigenvalue weighted by Crippen LogP contribution is 2.15. The SMILES string of the molecule is COCCC(C)NC(=O)c1ccc(O)cc1C. The van der Waals surface area contributed by atoms with E-state index in [2.05, 4.69) is 5.32 Å². The van der Waals surface area contributed by atoms with Gasteiger partial charge in [0.1, 0.15) is 5.75 Å². The van der Waals surface area contributed by atoms with Gasteiger partial charge in [-0.05, 0) is 44.0 Å². The van der Waals surface area contributed by atoms with Gasteiger partial charge in [-0.15, -0.1) is 0 Å². The van der Waals surface area contributed by atoms with Crippen molar-refractivity contribution in [3.8, 4) is 5.75 Å². The molecular formula is C13H19NO3. The zero-order valence-electron chi connectivity index (χ0n) is 10.5. The average molecular weight is 237 g/mol. The van der Waals surface area contributed by atoms with E-state index in [1.54, 1.807) is 26.2 Å².